The lowest BCUT2D eigenvalue weighted by molar-refractivity contribution is 0.414. The average molecular weight is 244 g/mol. The highest BCUT2D eigenvalue weighted by atomic mass is 32.7. The molecule has 2 rings (SSSR count). The van der Waals surface area contributed by atoms with E-state index in [9.17, 15) is 9.36 Å². The highest BCUT2D eigenvalue weighted by molar-refractivity contribution is 8.57. The Balaban J connectivity index is 2.65. The largest absolute Gasteiger partial charge is 0.321 e. The van der Waals surface area contributed by atoms with E-state index in [0.29, 0.717) is 10.5 Å². The van der Waals surface area contributed by atoms with Crippen molar-refractivity contribution in [1.82, 2.24) is 9.55 Å². The van der Waals surface area contributed by atoms with Gasteiger partial charge in [0.2, 0.25) is 0 Å². The van der Waals surface area contributed by atoms with Crippen LogP contribution in [0.5, 0.6) is 0 Å². The lowest BCUT2D eigenvalue weighted by Gasteiger charge is -2.21. The van der Waals surface area contributed by atoms with E-state index in [2.05, 4.69) is 4.98 Å². The van der Waals surface area contributed by atoms with Crippen LogP contribution in [0.15, 0.2) is 27.5 Å². The predicted octanol–water partition coefficient (Wildman–Crippen LogP) is 2.01. The molecule has 1 aromatic rings. The predicted molar refractivity (Wildman–Crippen MR) is 58.9 cm³/mol. The SMILES string of the molecule is COP1(=O)Sc2nccc(=O)n2C=C1C. The number of nitrogens with zero attached hydrogens (tertiary/aromatic N) is 2. The van der Waals surface area contributed by atoms with Crippen LogP contribution >= 0.6 is 18.0 Å². The van der Waals surface area contributed by atoms with Gasteiger partial charge in [0.1, 0.15) is 0 Å². The molecular formula is C8H9N2O3PS. The fourth-order valence-electron chi connectivity index (χ4n) is 1.21. The molecule has 0 N–H and O–H groups in total. The van der Waals surface area contributed by atoms with Gasteiger partial charge in [-0.1, -0.05) is 0 Å². The van der Waals surface area contributed by atoms with Crippen molar-refractivity contribution in [3.05, 3.63) is 27.9 Å². The van der Waals surface area contributed by atoms with Crippen LogP contribution < -0.4 is 5.56 Å². The van der Waals surface area contributed by atoms with E-state index in [1.807, 2.05) is 0 Å². The molecule has 1 atom stereocenters. The molecule has 0 fully saturated rings. The highest BCUT2D eigenvalue weighted by Gasteiger charge is 2.32. The first-order valence-electron chi connectivity index (χ1n) is 4.19. The Morgan fingerprint density at radius 3 is 3.00 bits per heavy atom. The summed E-state index contributed by atoms with van der Waals surface area (Å²) < 4.78 is 18.5. The molecule has 2 heterocycles. The van der Waals surface area contributed by atoms with E-state index in [-0.39, 0.29) is 5.56 Å². The molecular weight excluding hydrogens is 235 g/mol. The molecule has 0 saturated heterocycles. The van der Waals surface area contributed by atoms with Crippen LogP contribution in [0.4, 0.5) is 0 Å². The molecule has 0 saturated carbocycles. The summed E-state index contributed by atoms with van der Waals surface area (Å²) in [7, 11) is 1.39. The van der Waals surface area contributed by atoms with Gasteiger partial charge in [0.15, 0.2) is 5.16 Å². The fraction of sp³-hybridized carbons (Fsp3) is 0.250. The van der Waals surface area contributed by atoms with Crippen LogP contribution in [0.3, 0.4) is 0 Å². The topological polar surface area (TPSA) is 61.2 Å². The standard InChI is InChI=1S/C8H9N2O3PS/c1-6-5-10-7(11)3-4-9-8(10)15-14(6,12)13-2/h3-5H,1-2H3. The molecule has 15 heavy (non-hydrogen) atoms. The van der Waals surface area contributed by atoms with E-state index in [1.54, 1.807) is 6.92 Å². The van der Waals surface area contributed by atoms with Crippen LogP contribution in [0.25, 0.3) is 6.20 Å². The Labute approximate surface area is 90.4 Å². The molecule has 0 aliphatic carbocycles. The van der Waals surface area contributed by atoms with Crippen LogP contribution in [0.1, 0.15) is 6.92 Å². The van der Waals surface area contributed by atoms with Gasteiger partial charge in [0.25, 0.3) is 12.1 Å². The summed E-state index contributed by atoms with van der Waals surface area (Å²) in [5, 5.41) is 0.955. The van der Waals surface area contributed by atoms with Crippen molar-refractivity contribution in [3.63, 3.8) is 0 Å². The summed E-state index contributed by atoms with van der Waals surface area (Å²) in [4.78, 5) is 15.4. The number of hydrogen-bond acceptors (Lipinski definition) is 5. The first-order valence-corrected chi connectivity index (χ1v) is 7.23. The molecule has 1 aliphatic rings. The number of aromatic nitrogens is 2. The van der Waals surface area contributed by atoms with E-state index in [0.717, 1.165) is 11.4 Å². The number of fused-ring (bicyclic) bond motifs is 1. The van der Waals surface area contributed by atoms with Gasteiger partial charge in [-0.2, -0.15) is 0 Å². The van der Waals surface area contributed by atoms with Crippen LogP contribution in [0, 0.1) is 0 Å². The van der Waals surface area contributed by atoms with Gasteiger partial charge in [-0.3, -0.25) is 13.9 Å². The monoisotopic (exact) mass is 244 g/mol. The van der Waals surface area contributed by atoms with Crippen LogP contribution in [0.2, 0.25) is 0 Å². The minimum Gasteiger partial charge on any atom is -0.321 e. The zero-order chi connectivity index (χ0) is 11.1. The Morgan fingerprint density at radius 1 is 1.60 bits per heavy atom. The van der Waals surface area contributed by atoms with Gasteiger partial charge in [-0.25, -0.2) is 4.98 Å². The second-order valence-corrected chi connectivity index (χ2v) is 7.58. The molecule has 0 spiro atoms. The molecule has 5 nitrogen and oxygen atoms in total. The zero-order valence-corrected chi connectivity index (χ0v) is 9.92. The van der Waals surface area contributed by atoms with Crippen LogP contribution in [-0.2, 0) is 9.09 Å². The van der Waals surface area contributed by atoms with Gasteiger partial charge in [0, 0.05) is 42.3 Å². The van der Waals surface area contributed by atoms with Crippen molar-refractivity contribution < 1.29 is 9.09 Å². The number of hydrogen-bond donors (Lipinski definition) is 0. The maximum absolute atomic E-state index is 12.1. The second kappa shape index (κ2) is 3.63. The van der Waals surface area contributed by atoms with Gasteiger partial charge < -0.3 is 4.52 Å². The fourth-order valence-corrected chi connectivity index (χ4v) is 4.37. The lowest BCUT2D eigenvalue weighted by atomic mass is 10.6. The quantitative estimate of drug-likeness (QED) is 0.558. The average Bonchev–Trinajstić information content (AvgIpc) is 2.21. The van der Waals surface area contributed by atoms with Crippen molar-refractivity contribution in [1.29, 1.82) is 0 Å². The lowest BCUT2D eigenvalue weighted by Crippen LogP contribution is -2.19. The van der Waals surface area contributed by atoms with Crippen molar-refractivity contribution in [2.75, 3.05) is 7.11 Å². The molecule has 7 heteroatoms. The zero-order valence-electron chi connectivity index (χ0n) is 8.21. The summed E-state index contributed by atoms with van der Waals surface area (Å²) in [5.74, 6) is 0. The van der Waals surface area contributed by atoms with E-state index >= 15 is 0 Å². The third-order valence-corrected chi connectivity index (χ3v) is 6.72. The smallest absolute Gasteiger partial charge is 0.291 e. The molecule has 1 aromatic heterocycles. The number of allylic oxidation sites excluding steroid dienone is 1. The molecule has 1 unspecified atom stereocenters. The van der Waals surface area contributed by atoms with Gasteiger partial charge in [-0.05, 0) is 6.92 Å². The summed E-state index contributed by atoms with van der Waals surface area (Å²) >= 11 is 0.998. The van der Waals surface area contributed by atoms with E-state index in [1.165, 1.54) is 30.1 Å². The van der Waals surface area contributed by atoms with E-state index in [4.69, 9.17) is 4.52 Å². The Hall–Kier alpha value is -0.840. The first kappa shape index (κ1) is 10.7. The van der Waals surface area contributed by atoms with Gasteiger partial charge >= 0.3 is 0 Å². The minimum absolute atomic E-state index is 0.186. The molecule has 0 amide bonds. The molecule has 80 valence electrons. The summed E-state index contributed by atoms with van der Waals surface area (Å²) in [6.07, 6.45) is 2.92. The van der Waals surface area contributed by atoms with Crippen LogP contribution in [-0.4, -0.2) is 16.7 Å². The molecule has 0 bridgehead atoms. The van der Waals surface area contributed by atoms with Gasteiger partial charge in [0.05, 0.1) is 0 Å². The van der Waals surface area contributed by atoms with Crippen molar-refractivity contribution >= 4 is 24.2 Å². The normalized spacial score (nSPS) is 24.5. The van der Waals surface area contributed by atoms with Gasteiger partial charge in [-0.15, -0.1) is 0 Å². The maximum atomic E-state index is 12.1. The summed E-state index contributed by atoms with van der Waals surface area (Å²) in [6.45, 7) is -1.20. The Kier molecular flexibility index (Phi) is 2.58. The Bertz CT molecular complexity index is 537. The minimum atomic E-state index is -2.88. The summed E-state index contributed by atoms with van der Waals surface area (Å²) in [6, 6.07) is 1.36. The highest BCUT2D eigenvalue weighted by Crippen LogP contribution is 2.69. The molecule has 0 aromatic carbocycles. The third kappa shape index (κ3) is 1.69. The van der Waals surface area contributed by atoms with E-state index < -0.39 is 6.57 Å². The third-order valence-electron chi connectivity index (χ3n) is 2.04. The summed E-state index contributed by atoms with van der Waals surface area (Å²) in [5.41, 5.74) is -0.186. The Morgan fingerprint density at radius 2 is 2.33 bits per heavy atom. The van der Waals surface area contributed by atoms with Crippen molar-refractivity contribution in [2.45, 2.75) is 12.1 Å². The number of rotatable bonds is 1. The first-order chi connectivity index (χ1) is 7.07. The molecule has 1 aliphatic heterocycles. The van der Waals surface area contributed by atoms with Crippen molar-refractivity contribution in [3.8, 4) is 0 Å². The molecule has 0 radical (unpaired) electrons. The maximum Gasteiger partial charge on any atom is 0.291 e. The second-order valence-electron chi connectivity index (χ2n) is 2.98. The van der Waals surface area contributed by atoms with Crippen molar-refractivity contribution in [2.24, 2.45) is 0 Å².